The number of rotatable bonds is 12. The number of para-hydroxylation sites is 2. The van der Waals surface area contributed by atoms with E-state index in [2.05, 4.69) is 46.7 Å². The molecule has 0 fully saturated rings. The lowest BCUT2D eigenvalue weighted by molar-refractivity contribution is 0.0955. The van der Waals surface area contributed by atoms with Crippen LogP contribution in [0, 0.1) is 0 Å². The number of anilines is 3. The smallest absolute Gasteiger partial charge is 0.252 e. The number of carbonyl (C=O) groups is 1. The Morgan fingerprint density at radius 3 is 2.39 bits per heavy atom. The number of nitrogens with zero attached hydrogens (tertiary/aromatic N) is 2. The minimum Gasteiger partial charge on any atom is -0.497 e. The molecule has 4 aromatic rings. The van der Waals surface area contributed by atoms with Gasteiger partial charge in [-0.2, -0.15) is 0 Å². The Bertz CT molecular complexity index is 1260. The minimum absolute atomic E-state index is 0.0915. The molecule has 6 heteroatoms. The molecule has 1 amide bonds. The number of aromatic nitrogens is 1. The van der Waals surface area contributed by atoms with Gasteiger partial charge in [-0.1, -0.05) is 49.7 Å². The van der Waals surface area contributed by atoms with Crippen molar-refractivity contribution in [3.8, 4) is 5.75 Å². The Hall–Kier alpha value is -4.06. The van der Waals surface area contributed by atoms with Gasteiger partial charge in [0.1, 0.15) is 11.6 Å². The predicted octanol–water partition coefficient (Wildman–Crippen LogP) is 6.41. The Labute approximate surface area is 213 Å². The fourth-order valence-electron chi connectivity index (χ4n) is 4.17. The lowest BCUT2D eigenvalue weighted by Gasteiger charge is -2.25. The maximum atomic E-state index is 13.2. The number of benzene rings is 3. The van der Waals surface area contributed by atoms with Crippen molar-refractivity contribution in [3.63, 3.8) is 0 Å². The Kier molecular flexibility index (Phi) is 8.76. The summed E-state index contributed by atoms with van der Waals surface area (Å²) in [4.78, 5) is 20.3. The average Bonchev–Trinajstić information content (AvgIpc) is 2.93. The molecule has 0 atom stereocenters. The first-order chi connectivity index (χ1) is 17.7. The van der Waals surface area contributed by atoms with E-state index in [1.165, 1.54) is 5.69 Å². The first-order valence-corrected chi connectivity index (χ1v) is 12.6. The molecule has 2 N–H and O–H groups in total. The lowest BCUT2D eigenvalue weighted by atomic mass is 10.1. The number of carbonyl (C=O) groups excluding carboxylic acids is 1. The van der Waals surface area contributed by atoms with E-state index in [-0.39, 0.29) is 5.91 Å². The van der Waals surface area contributed by atoms with Crippen molar-refractivity contribution >= 4 is 34.0 Å². The fraction of sp³-hybridized carbons (Fsp3) is 0.267. The van der Waals surface area contributed by atoms with Crippen molar-refractivity contribution in [3.05, 3.63) is 90.5 Å². The van der Waals surface area contributed by atoms with Gasteiger partial charge in [-0.15, -0.1) is 0 Å². The van der Waals surface area contributed by atoms with Crippen molar-refractivity contribution in [1.29, 1.82) is 0 Å². The van der Waals surface area contributed by atoms with Crippen molar-refractivity contribution < 1.29 is 9.53 Å². The number of methoxy groups -OCH3 is 1. The molecular formula is C30H34N4O2. The summed E-state index contributed by atoms with van der Waals surface area (Å²) in [5.41, 5.74) is 3.49. The first kappa shape index (κ1) is 25.0. The molecule has 0 aliphatic heterocycles. The summed E-state index contributed by atoms with van der Waals surface area (Å²) in [6, 6.07) is 27.6. The maximum absolute atomic E-state index is 13.2. The van der Waals surface area contributed by atoms with Crippen LogP contribution in [0.4, 0.5) is 17.2 Å². The van der Waals surface area contributed by atoms with Crippen LogP contribution in [-0.2, 0) is 0 Å². The zero-order chi connectivity index (χ0) is 25.2. The van der Waals surface area contributed by atoms with Crippen LogP contribution in [0.2, 0.25) is 0 Å². The molecule has 4 rings (SSSR count). The van der Waals surface area contributed by atoms with Gasteiger partial charge in [0.05, 0.1) is 18.2 Å². The van der Waals surface area contributed by atoms with Crippen LogP contribution in [0.1, 0.15) is 36.5 Å². The normalized spacial score (nSPS) is 10.7. The zero-order valence-electron chi connectivity index (χ0n) is 21.0. The van der Waals surface area contributed by atoms with Gasteiger partial charge in [-0.3, -0.25) is 4.79 Å². The van der Waals surface area contributed by atoms with Crippen LogP contribution in [0.5, 0.6) is 5.75 Å². The van der Waals surface area contributed by atoms with Gasteiger partial charge in [-0.05, 0) is 61.4 Å². The summed E-state index contributed by atoms with van der Waals surface area (Å²) in [6.07, 6.45) is 3.17. The molecule has 36 heavy (non-hydrogen) atoms. The Balaban J connectivity index is 1.43. The largest absolute Gasteiger partial charge is 0.497 e. The molecule has 6 nitrogen and oxygen atoms in total. The standard InChI is InChI=1S/C30H34N4O2/c1-3-4-20-34(24-11-6-5-7-12-24)21-10-19-31-30(35)27-22-29(33-28-14-9-8-13-26(27)28)32-23-15-17-25(36-2)18-16-23/h5-9,11-18,22H,3-4,10,19-21H2,1-2H3,(H,31,35)(H,32,33). The predicted molar refractivity (Wildman–Crippen MR) is 149 cm³/mol. The molecule has 0 aliphatic carbocycles. The minimum atomic E-state index is -0.0915. The van der Waals surface area contributed by atoms with E-state index in [1.807, 2.05) is 60.7 Å². The topological polar surface area (TPSA) is 66.5 Å². The van der Waals surface area contributed by atoms with Crippen molar-refractivity contribution in [2.24, 2.45) is 0 Å². The zero-order valence-corrected chi connectivity index (χ0v) is 21.0. The van der Waals surface area contributed by atoms with Gasteiger partial charge < -0.3 is 20.3 Å². The molecule has 186 valence electrons. The average molecular weight is 483 g/mol. The van der Waals surface area contributed by atoms with Crippen LogP contribution in [0.3, 0.4) is 0 Å². The highest BCUT2D eigenvalue weighted by atomic mass is 16.5. The Morgan fingerprint density at radius 1 is 0.917 bits per heavy atom. The maximum Gasteiger partial charge on any atom is 0.252 e. The van der Waals surface area contributed by atoms with Gasteiger partial charge in [0.15, 0.2) is 0 Å². The second kappa shape index (κ2) is 12.6. The van der Waals surface area contributed by atoms with E-state index < -0.39 is 0 Å². The molecule has 0 bridgehead atoms. The SMILES string of the molecule is CCCCN(CCCNC(=O)c1cc(Nc2ccc(OC)cc2)nc2ccccc12)c1ccccc1. The van der Waals surface area contributed by atoms with Crippen LogP contribution in [-0.4, -0.2) is 37.6 Å². The number of amides is 1. The van der Waals surface area contributed by atoms with Crippen LogP contribution >= 0.6 is 0 Å². The monoisotopic (exact) mass is 482 g/mol. The third kappa shape index (κ3) is 6.54. The molecular weight excluding hydrogens is 448 g/mol. The van der Waals surface area contributed by atoms with Crippen LogP contribution in [0.15, 0.2) is 84.9 Å². The molecule has 0 saturated carbocycles. The molecule has 0 spiro atoms. The number of fused-ring (bicyclic) bond motifs is 1. The van der Waals surface area contributed by atoms with Gasteiger partial charge >= 0.3 is 0 Å². The van der Waals surface area contributed by atoms with E-state index in [4.69, 9.17) is 9.72 Å². The van der Waals surface area contributed by atoms with E-state index >= 15 is 0 Å². The number of hydrogen-bond donors (Lipinski definition) is 2. The van der Waals surface area contributed by atoms with Gasteiger partial charge in [-0.25, -0.2) is 4.98 Å². The highest BCUT2D eigenvalue weighted by Crippen LogP contribution is 2.24. The molecule has 3 aromatic carbocycles. The summed E-state index contributed by atoms with van der Waals surface area (Å²) in [5, 5.41) is 7.27. The summed E-state index contributed by atoms with van der Waals surface area (Å²) in [7, 11) is 1.64. The molecule has 0 saturated heterocycles. The van der Waals surface area contributed by atoms with Crippen molar-refractivity contribution in [2.75, 3.05) is 37.0 Å². The number of ether oxygens (including phenoxy) is 1. The summed E-state index contributed by atoms with van der Waals surface area (Å²) < 4.78 is 5.23. The van der Waals surface area contributed by atoms with E-state index in [0.29, 0.717) is 17.9 Å². The van der Waals surface area contributed by atoms with Gasteiger partial charge in [0.2, 0.25) is 0 Å². The molecule has 0 unspecified atom stereocenters. The van der Waals surface area contributed by atoms with E-state index in [1.54, 1.807) is 7.11 Å². The third-order valence-corrected chi connectivity index (χ3v) is 6.12. The highest BCUT2D eigenvalue weighted by Gasteiger charge is 2.13. The summed E-state index contributed by atoms with van der Waals surface area (Å²) in [5.74, 6) is 1.32. The first-order valence-electron chi connectivity index (χ1n) is 12.6. The van der Waals surface area contributed by atoms with Gasteiger partial charge in [0.25, 0.3) is 5.91 Å². The van der Waals surface area contributed by atoms with Crippen LogP contribution in [0.25, 0.3) is 10.9 Å². The summed E-state index contributed by atoms with van der Waals surface area (Å²) >= 11 is 0. The Morgan fingerprint density at radius 2 is 1.64 bits per heavy atom. The third-order valence-electron chi connectivity index (χ3n) is 6.12. The summed E-state index contributed by atoms with van der Waals surface area (Å²) in [6.45, 7) is 4.72. The van der Waals surface area contributed by atoms with Crippen molar-refractivity contribution in [1.82, 2.24) is 10.3 Å². The van der Waals surface area contributed by atoms with Gasteiger partial charge in [0, 0.05) is 36.4 Å². The molecule has 1 aromatic heterocycles. The number of nitrogens with one attached hydrogen (secondary N) is 2. The number of unbranched alkanes of at least 4 members (excludes halogenated alkanes) is 1. The lowest BCUT2D eigenvalue weighted by Crippen LogP contribution is -2.30. The molecule has 0 aliphatic rings. The molecule has 0 radical (unpaired) electrons. The number of pyridine rings is 1. The second-order valence-electron chi connectivity index (χ2n) is 8.71. The van der Waals surface area contributed by atoms with Crippen molar-refractivity contribution in [2.45, 2.75) is 26.2 Å². The fourth-order valence-corrected chi connectivity index (χ4v) is 4.17. The molecule has 1 heterocycles. The number of hydrogen-bond acceptors (Lipinski definition) is 5. The highest BCUT2D eigenvalue weighted by molar-refractivity contribution is 6.07. The quantitative estimate of drug-likeness (QED) is 0.228. The van der Waals surface area contributed by atoms with Crippen LogP contribution < -0.4 is 20.3 Å². The van der Waals surface area contributed by atoms with E-state index in [0.717, 1.165) is 54.7 Å². The second-order valence-corrected chi connectivity index (χ2v) is 8.71. The van der Waals surface area contributed by atoms with E-state index in [9.17, 15) is 4.79 Å².